The summed E-state index contributed by atoms with van der Waals surface area (Å²) in [7, 11) is 0. The van der Waals surface area contributed by atoms with E-state index < -0.39 is 4.92 Å². The van der Waals surface area contributed by atoms with Gasteiger partial charge in [-0.05, 0) is 31.7 Å². The Morgan fingerprint density at radius 3 is 2.78 bits per heavy atom. The lowest BCUT2D eigenvalue weighted by Gasteiger charge is -2.13. The van der Waals surface area contributed by atoms with Crippen molar-refractivity contribution in [2.24, 2.45) is 5.92 Å². The maximum atomic E-state index is 12.0. The van der Waals surface area contributed by atoms with Crippen molar-refractivity contribution in [2.75, 3.05) is 0 Å². The normalized spacial score (nSPS) is 16.1. The SMILES string of the molecule is CC(NC(=O)c1cccc([N+](=O)[O-])c1Cl)C1CC1. The van der Waals surface area contributed by atoms with Crippen molar-refractivity contribution < 1.29 is 9.72 Å². The highest BCUT2D eigenvalue weighted by Gasteiger charge is 2.30. The Kier molecular flexibility index (Phi) is 3.52. The third-order valence-electron chi connectivity index (χ3n) is 3.11. The van der Waals surface area contributed by atoms with Crippen LogP contribution in [0.1, 0.15) is 30.1 Å². The predicted octanol–water partition coefficient (Wildman–Crippen LogP) is 2.78. The summed E-state index contributed by atoms with van der Waals surface area (Å²) in [5.41, 5.74) is -0.0956. The highest BCUT2D eigenvalue weighted by atomic mass is 35.5. The minimum atomic E-state index is -0.594. The van der Waals surface area contributed by atoms with Crippen LogP contribution in [0.5, 0.6) is 0 Å². The molecule has 1 atom stereocenters. The van der Waals surface area contributed by atoms with Gasteiger partial charge in [-0.1, -0.05) is 17.7 Å². The smallest absolute Gasteiger partial charge is 0.288 e. The van der Waals surface area contributed by atoms with Gasteiger partial charge in [-0.25, -0.2) is 0 Å². The molecule has 1 amide bonds. The molecule has 0 radical (unpaired) electrons. The molecule has 6 heteroatoms. The van der Waals surface area contributed by atoms with Crippen LogP contribution in [0.15, 0.2) is 18.2 Å². The molecule has 1 N–H and O–H groups in total. The molecule has 2 rings (SSSR count). The first kappa shape index (κ1) is 12.8. The van der Waals surface area contributed by atoms with E-state index in [0.717, 1.165) is 12.8 Å². The lowest BCUT2D eigenvalue weighted by atomic mass is 10.1. The molecule has 18 heavy (non-hydrogen) atoms. The van der Waals surface area contributed by atoms with Gasteiger partial charge in [-0.15, -0.1) is 0 Å². The molecule has 1 aromatic rings. The number of nitro benzene ring substituents is 1. The van der Waals surface area contributed by atoms with Crippen LogP contribution in [0, 0.1) is 16.0 Å². The lowest BCUT2D eigenvalue weighted by Crippen LogP contribution is -2.34. The summed E-state index contributed by atoms with van der Waals surface area (Å²) in [6, 6.07) is 4.31. The van der Waals surface area contributed by atoms with Crippen LogP contribution in [-0.2, 0) is 0 Å². The number of amides is 1. The molecular weight excluding hydrogens is 256 g/mol. The molecule has 1 aliphatic rings. The highest BCUT2D eigenvalue weighted by molar-refractivity contribution is 6.35. The fourth-order valence-corrected chi connectivity index (χ4v) is 2.12. The number of hydrogen-bond acceptors (Lipinski definition) is 3. The molecule has 1 unspecified atom stereocenters. The van der Waals surface area contributed by atoms with Gasteiger partial charge in [0, 0.05) is 12.1 Å². The summed E-state index contributed by atoms with van der Waals surface area (Å²) in [6.07, 6.45) is 2.23. The quantitative estimate of drug-likeness (QED) is 0.674. The zero-order valence-corrected chi connectivity index (χ0v) is 10.6. The standard InChI is InChI=1S/C12H13ClN2O3/c1-7(8-5-6-8)14-12(16)9-3-2-4-10(11(9)13)15(17)18/h2-4,7-8H,5-6H2,1H3,(H,14,16). The van der Waals surface area contributed by atoms with Crippen LogP contribution in [0.2, 0.25) is 5.02 Å². The van der Waals surface area contributed by atoms with Crippen molar-refractivity contribution in [3.8, 4) is 0 Å². The number of rotatable bonds is 4. The first-order valence-corrected chi connectivity index (χ1v) is 6.12. The van der Waals surface area contributed by atoms with Crippen LogP contribution in [0.4, 0.5) is 5.69 Å². The van der Waals surface area contributed by atoms with E-state index in [1.54, 1.807) is 0 Å². The van der Waals surface area contributed by atoms with E-state index in [1.807, 2.05) is 6.92 Å². The number of hydrogen-bond donors (Lipinski definition) is 1. The van der Waals surface area contributed by atoms with Crippen LogP contribution < -0.4 is 5.32 Å². The predicted molar refractivity (Wildman–Crippen MR) is 67.8 cm³/mol. The van der Waals surface area contributed by atoms with E-state index in [4.69, 9.17) is 11.6 Å². The minimum absolute atomic E-state index is 0.0767. The number of nitrogens with zero attached hydrogens (tertiary/aromatic N) is 1. The molecule has 0 aliphatic heterocycles. The van der Waals surface area contributed by atoms with Crippen molar-refractivity contribution in [2.45, 2.75) is 25.8 Å². The number of carbonyl (C=O) groups excluding carboxylic acids is 1. The van der Waals surface area contributed by atoms with Gasteiger partial charge in [-0.2, -0.15) is 0 Å². The van der Waals surface area contributed by atoms with Gasteiger partial charge in [0.15, 0.2) is 0 Å². The Morgan fingerprint density at radius 1 is 1.56 bits per heavy atom. The third-order valence-corrected chi connectivity index (χ3v) is 3.50. The Balaban J connectivity index is 2.19. The Bertz CT molecular complexity index is 500. The summed E-state index contributed by atoms with van der Waals surface area (Å²) < 4.78 is 0. The van der Waals surface area contributed by atoms with Gasteiger partial charge in [0.05, 0.1) is 10.5 Å². The molecule has 96 valence electrons. The molecule has 0 saturated heterocycles. The van der Waals surface area contributed by atoms with Crippen LogP contribution >= 0.6 is 11.6 Å². The second kappa shape index (κ2) is 4.94. The number of nitro groups is 1. The van der Waals surface area contributed by atoms with Crippen LogP contribution in [0.3, 0.4) is 0 Å². The minimum Gasteiger partial charge on any atom is -0.349 e. The van der Waals surface area contributed by atoms with Crippen LogP contribution in [0.25, 0.3) is 0 Å². The molecule has 0 heterocycles. The van der Waals surface area contributed by atoms with Gasteiger partial charge < -0.3 is 5.32 Å². The van der Waals surface area contributed by atoms with Crippen molar-refractivity contribution in [3.05, 3.63) is 38.9 Å². The van der Waals surface area contributed by atoms with Gasteiger partial charge in [-0.3, -0.25) is 14.9 Å². The summed E-state index contributed by atoms with van der Waals surface area (Å²) in [4.78, 5) is 22.1. The van der Waals surface area contributed by atoms with Gasteiger partial charge in [0.1, 0.15) is 5.02 Å². The highest BCUT2D eigenvalue weighted by Crippen LogP contribution is 2.33. The molecule has 1 saturated carbocycles. The Hall–Kier alpha value is -1.62. The first-order chi connectivity index (χ1) is 8.50. The average Bonchev–Trinajstić information content (AvgIpc) is 3.12. The lowest BCUT2D eigenvalue weighted by molar-refractivity contribution is -0.384. The number of halogens is 1. The largest absolute Gasteiger partial charge is 0.349 e. The van der Waals surface area contributed by atoms with E-state index in [9.17, 15) is 14.9 Å². The van der Waals surface area contributed by atoms with Gasteiger partial charge in [0.2, 0.25) is 0 Å². The third kappa shape index (κ3) is 2.61. The molecule has 1 aromatic carbocycles. The fourth-order valence-electron chi connectivity index (χ4n) is 1.83. The molecule has 1 aliphatic carbocycles. The molecular formula is C12H13ClN2O3. The second-order valence-corrected chi connectivity index (χ2v) is 4.87. The van der Waals surface area contributed by atoms with Crippen LogP contribution in [-0.4, -0.2) is 16.9 Å². The number of carbonyl (C=O) groups is 1. The fraction of sp³-hybridized carbons (Fsp3) is 0.417. The zero-order valence-electron chi connectivity index (χ0n) is 9.85. The van der Waals surface area contributed by atoms with Crippen molar-refractivity contribution >= 4 is 23.2 Å². The molecule has 0 aromatic heterocycles. The molecule has 5 nitrogen and oxygen atoms in total. The van der Waals surface area contributed by atoms with Gasteiger partial charge in [0.25, 0.3) is 11.6 Å². The van der Waals surface area contributed by atoms with E-state index in [1.165, 1.54) is 18.2 Å². The van der Waals surface area contributed by atoms with Crippen molar-refractivity contribution in [1.82, 2.24) is 5.32 Å². The first-order valence-electron chi connectivity index (χ1n) is 5.74. The van der Waals surface area contributed by atoms with Crippen molar-refractivity contribution in [3.63, 3.8) is 0 Å². The average molecular weight is 269 g/mol. The maximum Gasteiger partial charge on any atom is 0.288 e. The zero-order chi connectivity index (χ0) is 13.3. The summed E-state index contributed by atoms with van der Waals surface area (Å²) in [6.45, 7) is 1.93. The summed E-state index contributed by atoms with van der Waals surface area (Å²) in [5.74, 6) is 0.162. The van der Waals surface area contributed by atoms with E-state index in [0.29, 0.717) is 5.92 Å². The molecule has 1 fully saturated rings. The van der Waals surface area contributed by atoms with Gasteiger partial charge >= 0.3 is 0 Å². The van der Waals surface area contributed by atoms with E-state index in [-0.39, 0.29) is 28.2 Å². The molecule has 0 spiro atoms. The Labute approximate surface area is 109 Å². The van der Waals surface area contributed by atoms with Crippen molar-refractivity contribution in [1.29, 1.82) is 0 Å². The summed E-state index contributed by atoms with van der Waals surface area (Å²) in [5, 5.41) is 13.4. The Morgan fingerprint density at radius 2 is 2.22 bits per heavy atom. The summed E-state index contributed by atoms with van der Waals surface area (Å²) >= 11 is 5.87. The monoisotopic (exact) mass is 268 g/mol. The second-order valence-electron chi connectivity index (χ2n) is 4.50. The topological polar surface area (TPSA) is 72.2 Å². The number of benzene rings is 1. The molecule has 0 bridgehead atoms. The van der Waals surface area contributed by atoms with E-state index >= 15 is 0 Å². The number of nitrogens with one attached hydrogen (secondary N) is 1. The van der Waals surface area contributed by atoms with E-state index in [2.05, 4.69) is 5.32 Å². The maximum absolute atomic E-state index is 12.0.